The third-order valence-electron chi connectivity index (χ3n) is 2.68. The van der Waals surface area contributed by atoms with E-state index in [4.69, 9.17) is 10.5 Å². The predicted octanol–water partition coefficient (Wildman–Crippen LogP) is 1.83. The van der Waals surface area contributed by atoms with Crippen molar-refractivity contribution < 1.29 is 14.5 Å². The summed E-state index contributed by atoms with van der Waals surface area (Å²) in [5, 5.41) is 13.5. The fourth-order valence-corrected chi connectivity index (χ4v) is 1.65. The SMILES string of the molecule is COc1ccc(NC(=O)c2ccc(N)nc2)cc1[N+](=O)[O-]. The molecule has 0 unspecified atom stereocenters. The van der Waals surface area contributed by atoms with Crippen LogP contribution in [0.2, 0.25) is 0 Å². The number of amides is 1. The van der Waals surface area contributed by atoms with E-state index in [0.717, 1.165) is 0 Å². The van der Waals surface area contributed by atoms with Crippen molar-refractivity contribution in [2.45, 2.75) is 0 Å². The molecule has 0 aliphatic carbocycles. The highest BCUT2D eigenvalue weighted by Gasteiger charge is 2.16. The van der Waals surface area contributed by atoms with E-state index in [1.807, 2.05) is 0 Å². The highest BCUT2D eigenvalue weighted by atomic mass is 16.6. The van der Waals surface area contributed by atoms with Gasteiger partial charge in [-0.1, -0.05) is 0 Å². The number of hydrogen-bond donors (Lipinski definition) is 2. The van der Waals surface area contributed by atoms with Crippen molar-refractivity contribution in [2.75, 3.05) is 18.2 Å². The summed E-state index contributed by atoms with van der Waals surface area (Å²) in [6, 6.07) is 7.14. The molecule has 0 spiro atoms. The monoisotopic (exact) mass is 288 g/mol. The molecule has 2 rings (SSSR count). The lowest BCUT2D eigenvalue weighted by atomic mass is 10.2. The van der Waals surface area contributed by atoms with E-state index in [0.29, 0.717) is 11.4 Å². The van der Waals surface area contributed by atoms with Gasteiger partial charge in [-0.25, -0.2) is 4.98 Å². The van der Waals surface area contributed by atoms with Crippen molar-refractivity contribution in [3.63, 3.8) is 0 Å². The first kappa shape index (κ1) is 14.3. The Labute approximate surface area is 119 Å². The minimum Gasteiger partial charge on any atom is -0.490 e. The number of nitro benzene ring substituents is 1. The number of aromatic nitrogens is 1. The lowest BCUT2D eigenvalue weighted by Gasteiger charge is -2.07. The van der Waals surface area contributed by atoms with Crippen LogP contribution >= 0.6 is 0 Å². The van der Waals surface area contributed by atoms with E-state index >= 15 is 0 Å². The van der Waals surface area contributed by atoms with Crippen molar-refractivity contribution in [3.8, 4) is 5.75 Å². The van der Waals surface area contributed by atoms with Crippen molar-refractivity contribution >= 4 is 23.1 Å². The fourth-order valence-electron chi connectivity index (χ4n) is 1.65. The summed E-state index contributed by atoms with van der Waals surface area (Å²) in [4.78, 5) is 26.1. The second-order valence-corrected chi connectivity index (χ2v) is 4.07. The molecule has 0 aliphatic rings. The van der Waals surface area contributed by atoms with Crippen LogP contribution in [-0.4, -0.2) is 22.9 Å². The van der Waals surface area contributed by atoms with Gasteiger partial charge in [0.1, 0.15) is 5.82 Å². The van der Waals surface area contributed by atoms with E-state index in [2.05, 4.69) is 10.3 Å². The summed E-state index contributed by atoms with van der Waals surface area (Å²) in [6.45, 7) is 0. The van der Waals surface area contributed by atoms with Gasteiger partial charge in [0.15, 0.2) is 5.75 Å². The summed E-state index contributed by atoms with van der Waals surface area (Å²) >= 11 is 0. The molecule has 0 radical (unpaired) electrons. The van der Waals surface area contributed by atoms with Crippen LogP contribution in [0.15, 0.2) is 36.5 Å². The number of hydrogen-bond acceptors (Lipinski definition) is 6. The van der Waals surface area contributed by atoms with Crippen molar-refractivity contribution in [1.82, 2.24) is 4.98 Å². The van der Waals surface area contributed by atoms with E-state index in [1.54, 1.807) is 0 Å². The average Bonchev–Trinajstić information content (AvgIpc) is 2.47. The molecule has 1 aromatic carbocycles. The molecular weight excluding hydrogens is 276 g/mol. The number of nitrogens with zero attached hydrogens (tertiary/aromatic N) is 2. The van der Waals surface area contributed by atoms with Crippen LogP contribution in [0, 0.1) is 10.1 Å². The van der Waals surface area contributed by atoms with Crippen molar-refractivity contribution in [2.24, 2.45) is 0 Å². The molecule has 0 aliphatic heterocycles. The molecule has 0 atom stereocenters. The highest BCUT2D eigenvalue weighted by Crippen LogP contribution is 2.29. The predicted molar refractivity (Wildman–Crippen MR) is 76.3 cm³/mol. The second-order valence-electron chi connectivity index (χ2n) is 4.07. The van der Waals surface area contributed by atoms with Gasteiger partial charge in [-0.15, -0.1) is 0 Å². The summed E-state index contributed by atoms with van der Waals surface area (Å²) in [5.74, 6) is -0.0271. The molecule has 1 heterocycles. The Morgan fingerprint density at radius 3 is 2.71 bits per heavy atom. The van der Waals surface area contributed by atoms with Gasteiger partial charge in [-0.3, -0.25) is 14.9 Å². The maximum Gasteiger partial charge on any atom is 0.312 e. The average molecular weight is 288 g/mol. The van der Waals surface area contributed by atoms with Crippen LogP contribution in [0.3, 0.4) is 0 Å². The molecule has 0 saturated carbocycles. The van der Waals surface area contributed by atoms with E-state index in [9.17, 15) is 14.9 Å². The first-order chi connectivity index (χ1) is 10.0. The largest absolute Gasteiger partial charge is 0.490 e. The molecule has 0 bridgehead atoms. The summed E-state index contributed by atoms with van der Waals surface area (Å²) in [7, 11) is 1.33. The first-order valence-corrected chi connectivity index (χ1v) is 5.86. The number of carbonyl (C=O) groups is 1. The normalized spacial score (nSPS) is 9.95. The Hall–Kier alpha value is -3.16. The molecule has 0 fully saturated rings. The van der Waals surface area contributed by atoms with Crippen LogP contribution in [0.25, 0.3) is 0 Å². The fraction of sp³-hybridized carbons (Fsp3) is 0.0769. The van der Waals surface area contributed by atoms with Crippen LogP contribution < -0.4 is 15.8 Å². The van der Waals surface area contributed by atoms with Crippen LogP contribution in [0.1, 0.15) is 10.4 Å². The minimum atomic E-state index is -0.584. The standard InChI is InChI=1S/C13H12N4O4/c1-21-11-4-3-9(6-10(11)17(19)20)16-13(18)8-2-5-12(14)15-7-8/h2-7H,1H3,(H2,14,15)(H,16,18). The van der Waals surface area contributed by atoms with Gasteiger partial charge < -0.3 is 15.8 Å². The Balaban J connectivity index is 2.23. The number of pyridine rings is 1. The van der Waals surface area contributed by atoms with E-state index in [1.165, 1.54) is 43.6 Å². The quantitative estimate of drug-likeness (QED) is 0.654. The number of methoxy groups -OCH3 is 1. The molecule has 3 N–H and O–H groups in total. The number of nitrogen functional groups attached to an aromatic ring is 1. The van der Waals surface area contributed by atoms with Crippen molar-refractivity contribution in [3.05, 3.63) is 52.2 Å². The van der Waals surface area contributed by atoms with Crippen LogP contribution in [0.5, 0.6) is 5.75 Å². The zero-order valence-electron chi connectivity index (χ0n) is 11.1. The van der Waals surface area contributed by atoms with E-state index in [-0.39, 0.29) is 17.1 Å². The maximum absolute atomic E-state index is 12.0. The third-order valence-corrected chi connectivity index (χ3v) is 2.68. The molecule has 8 heteroatoms. The van der Waals surface area contributed by atoms with Crippen LogP contribution in [-0.2, 0) is 0 Å². The van der Waals surface area contributed by atoms with Crippen LogP contribution in [0.4, 0.5) is 17.2 Å². The zero-order chi connectivity index (χ0) is 15.4. The first-order valence-electron chi connectivity index (χ1n) is 5.86. The maximum atomic E-state index is 12.0. The lowest BCUT2D eigenvalue weighted by Crippen LogP contribution is -2.12. The Morgan fingerprint density at radius 1 is 1.38 bits per heavy atom. The zero-order valence-corrected chi connectivity index (χ0v) is 11.1. The molecule has 108 valence electrons. The smallest absolute Gasteiger partial charge is 0.312 e. The van der Waals surface area contributed by atoms with Crippen molar-refractivity contribution in [1.29, 1.82) is 0 Å². The Bertz CT molecular complexity index is 685. The Morgan fingerprint density at radius 2 is 2.14 bits per heavy atom. The topological polar surface area (TPSA) is 120 Å². The number of anilines is 2. The highest BCUT2D eigenvalue weighted by molar-refractivity contribution is 6.04. The third kappa shape index (κ3) is 3.24. The second kappa shape index (κ2) is 5.87. The minimum absolute atomic E-state index is 0.118. The number of nitrogens with one attached hydrogen (secondary N) is 1. The number of rotatable bonds is 4. The number of carbonyl (C=O) groups excluding carboxylic acids is 1. The van der Waals surface area contributed by atoms with Gasteiger partial charge in [-0.2, -0.15) is 0 Å². The number of nitro groups is 1. The van der Waals surface area contributed by atoms with Gasteiger partial charge in [0.05, 0.1) is 17.6 Å². The number of benzene rings is 1. The molecule has 8 nitrogen and oxygen atoms in total. The molecule has 21 heavy (non-hydrogen) atoms. The van der Waals surface area contributed by atoms with Gasteiger partial charge in [-0.05, 0) is 24.3 Å². The van der Waals surface area contributed by atoms with Gasteiger partial charge in [0.25, 0.3) is 5.91 Å². The molecule has 1 amide bonds. The number of ether oxygens (including phenoxy) is 1. The molecule has 0 saturated heterocycles. The van der Waals surface area contributed by atoms with E-state index < -0.39 is 10.8 Å². The van der Waals surface area contributed by atoms with Gasteiger partial charge in [0.2, 0.25) is 0 Å². The molecule has 2 aromatic rings. The van der Waals surface area contributed by atoms with Gasteiger partial charge in [0, 0.05) is 18.0 Å². The lowest BCUT2D eigenvalue weighted by molar-refractivity contribution is -0.385. The molecule has 1 aromatic heterocycles. The summed E-state index contributed by atoms with van der Waals surface area (Å²) in [6.07, 6.45) is 1.32. The van der Waals surface area contributed by atoms with Gasteiger partial charge >= 0.3 is 5.69 Å². The Kier molecular flexibility index (Phi) is 3.98. The summed E-state index contributed by atoms with van der Waals surface area (Å²) in [5.41, 5.74) is 5.78. The number of nitrogens with two attached hydrogens (primary N) is 1. The summed E-state index contributed by atoms with van der Waals surface area (Å²) < 4.78 is 4.89. The molecular formula is C13H12N4O4.